The standard InChI is InChI=1S/C15H21N3O2/c1-10(2)7-12-15(20)18(9-14(19)17-12)8-13-11(3)5-4-6-16-13/h4-6,10,12H,7-9H2,1-3H3,(H,17,19). The third-order valence-corrected chi connectivity index (χ3v) is 3.45. The van der Waals surface area contributed by atoms with Crippen LogP contribution in [0.15, 0.2) is 18.3 Å². The van der Waals surface area contributed by atoms with E-state index in [1.165, 1.54) is 0 Å². The molecular weight excluding hydrogens is 254 g/mol. The van der Waals surface area contributed by atoms with E-state index in [4.69, 9.17) is 0 Å². The maximum Gasteiger partial charge on any atom is 0.245 e. The van der Waals surface area contributed by atoms with Gasteiger partial charge >= 0.3 is 0 Å². The highest BCUT2D eigenvalue weighted by molar-refractivity contribution is 5.94. The molecule has 1 aliphatic rings. The minimum absolute atomic E-state index is 0.0108. The first-order valence-corrected chi connectivity index (χ1v) is 6.96. The molecule has 5 heteroatoms. The summed E-state index contributed by atoms with van der Waals surface area (Å²) in [6.45, 7) is 6.56. The molecule has 0 aromatic carbocycles. The third-order valence-electron chi connectivity index (χ3n) is 3.45. The maximum atomic E-state index is 12.4. The molecule has 0 bridgehead atoms. The van der Waals surface area contributed by atoms with E-state index < -0.39 is 6.04 Å². The van der Waals surface area contributed by atoms with Gasteiger partial charge in [0, 0.05) is 6.20 Å². The summed E-state index contributed by atoms with van der Waals surface area (Å²) in [5, 5.41) is 2.78. The van der Waals surface area contributed by atoms with Crippen LogP contribution in [0.25, 0.3) is 0 Å². The van der Waals surface area contributed by atoms with Gasteiger partial charge in [-0.15, -0.1) is 0 Å². The number of nitrogens with zero attached hydrogens (tertiary/aromatic N) is 2. The topological polar surface area (TPSA) is 62.3 Å². The van der Waals surface area contributed by atoms with E-state index >= 15 is 0 Å². The zero-order valence-electron chi connectivity index (χ0n) is 12.2. The minimum atomic E-state index is -0.403. The number of carbonyl (C=O) groups is 2. The van der Waals surface area contributed by atoms with Crippen LogP contribution in [0, 0.1) is 12.8 Å². The molecular formula is C15H21N3O2. The van der Waals surface area contributed by atoms with Gasteiger partial charge in [0.1, 0.15) is 12.6 Å². The fraction of sp³-hybridized carbons (Fsp3) is 0.533. The molecule has 2 amide bonds. The molecule has 1 atom stereocenters. The number of aromatic nitrogens is 1. The summed E-state index contributed by atoms with van der Waals surface area (Å²) in [5.41, 5.74) is 1.88. The Kier molecular flexibility index (Phi) is 4.37. The Labute approximate surface area is 119 Å². The normalized spacial score (nSPS) is 19.4. The summed E-state index contributed by atoms with van der Waals surface area (Å²) < 4.78 is 0. The molecule has 0 aliphatic carbocycles. The summed E-state index contributed by atoms with van der Waals surface area (Å²) in [4.78, 5) is 30.1. The van der Waals surface area contributed by atoms with Gasteiger partial charge in [-0.05, 0) is 30.9 Å². The molecule has 0 spiro atoms. The summed E-state index contributed by atoms with van der Waals surface area (Å²) >= 11 is 0. The van der Waals surface area contributed by atoms with Crippen molar-refractivity contribution >= 4 is 11.8 Å². The van der Waals surface area contributed by atoms with Gasteiger partial charge in [0.05, 0.1) is 12.2 Å². The monoisotopic (exact) mass is 275 g/mol. The van der Waals surface area contributed by atoms with Crippen LogP contribution in [0.2, 0.25) is 0 Å². The molecule has 5 nitrogen and oxygen atoms in total. The lowest BCUT2D eigenvalue weighted by Gasteiger charge is -2.33. The van der Waals surface area contributed by atoms with E-state index in [0.29, 0.717) is 18.9 Å². The number of hydrogen-bond acceptors (Lipinski definition) is 3. The Hall–Kier alpha value is -1.91. The fourth-order valence-corrected chi connectivity index (χ4v) is 2.40. The highest BCUT2D eigenvalue weighted by Crippen LogP contribution is 2.15. The number of carbonyl (C=O) groups excluding carboxylic acids is 2. The lowest BCUT2D eigenvalue weighted by molar-refractivity contribution is -0.145. The molecule has 0 saturated carbocycles. The van der Waals surface area contributed by atoms with Crippen molar-refractivity contribution in [2.45, 2.75) is 39.8 Å². The average molecular weight is 275 g/mol. The van der Waals surface area contributed by atoms with Crippen molar-refractivity contribution in [3.63, 3.8) is 0 Å². The zero-order valence-corrected chi connectivity index (χ0v) is 12.2. The van der Waals surface area contributed by atoms with Gasteiger partial charge in [0.2, 0.25) is 11.8 Å². The summed E-state index contributed by atoms with van der Waals surface area (Å²) in [6.07, 6.45) is 2.38. The number of hydrogen-bond donors (Lipinski definition) is 1. The maximum absolute atomic E-state index is 12.4. The van der Waals surface area contributed by atoms with Gasteiger partial charge in [-0.2, -0.15) is 0 Å². The Morgan fingerprint density at radius 2 is 2.20 bits per heavy atom. The molecule has 1 fully saturated rings. The van der Waals surface area contributed by atoms with Crippen molar-refractivity contribution in [2.75, 3.05) is 6.54 Å². The highest BCUT2D eigenvalue weighted by atomic mass is 16.2. The van der Waals surface area contributed by atoms with Gasteiger partial charge in [-0.3, -0.25) is 14.6 Å². The molecule has 108 valence electrons. The number of rotatable bonds is 4. The van der Waals surface area contributed by atoms with Crippen LogP contribution in [0.1, 0.15) is 31.5 Å². The molecule has 1 aromatic rings. The van der Waals surface area contributed by atoms with Gasteiger partial charge in [0.15, 0.2) is 0 Å². The second-order valence-corrected chi connectivity index (χ2v) is 5.71. The number of pyridine rings is 1. The van der Waals surface area contributed by atoms with E-state index in [2.05, 4.69) is 10.3 Å². The van der Waals surface area contributed by atoms with Crippen molar-refractivity contribution in [1.82, 2.24) is 15.2 Å². The van der Waals surface area contributed by atoms with Crippen molar-refractivity contribution in [3.8, 4) is 0 Å². The van der Waals surface area contributed by atoms with Crippen molar-refractivity contribution in [2.24, 2.45) is 5.92 Å². The Morgan fingerprint density at radius 3 is 2.85 bits per heavy atom. The lowest BCUT2D eigenvalue weighted by Crippen LogP contribution is -2.57. The predicted octanol–water partition coefficient (Wildman–Crippen LogP) is 1.26. The molecule has 1 aliphatic heterocycles. The molecule has 2 heterocycles. The SMILES string of the molecule is Cc1cccnc1CN1CC(=O)NC(CC(C)C)C1=O. The van der Waals surface area contributed by atoms with E-state index in [-0.39, 0.29) is 18.4 Å². The third kappa shape index (κ3) is 3.35. The number of aryl methyl sites for hydroxylation is 1. The van der Waals surface area contributed by atoms with Crippen LogP contribution < -0.4 is 5.32 Å². The molecule has 1 aromatic heterocycles. The summed E-state index contributed by atoms with van der Waals surface area (Å²) in [6, 6.07) is 3.42. The number of amides is 2. The van der Waals surface area contributed by atoms with Crippen molar-refractivity contribution in [3.05, 3.63) is 29.6 Å². The van der Waals surface area contributed by atoms with Gasteiger partial charge in [-0.1, -0.05) is 19.9 Å². The first-order chi connectivity index (χ1) is 9.47. The van der Waals surface area contributed by atoms with Crippen LogP contribution in [0.5, 0.6) is 0 Å². The molecule has 0 radical (unpaired) electrons. The summed E-state index contributed by atoms with van der Waals surface area (Å²) in [5.74, 6) is 0.257. The molecule has 2 rings (SSSR count). The average Bonchev–Trinajstić information content (AvgIpc) is 2.37. The number of nitrogens with one attached hydrogen (secondary N) is 1. The first-order valence-electron chi connectivity index (χ1n) is 6.96. The van der Waals surface area contributed by atoms with Crippen LogP contribution in [-0.4, -0.2) is 34.3 Å². The van der Waals surface area contributed by atoms with Crippen LogP contribution >= 0.6 is 0 Å². The molecule has 20 heavy (non-hydrogen) atoms. The first kappa shape index (κ1) is 14.5. The molecule has 1 unspecified atom stereocenters. The second kappa shape index (κ2) is 6.03. The van der Waals surface area contributed by atoms with Gasteiger partial charge < -0.3 is 10.2 Å². The highest BCUT2D eigenvalue weighted by Gasteiger charge is 2.33. The smallest absolute Gasteiger partial charge is 0.245 e. The molecule has 1 saturated heterocycles. The predicted molar refractivity (Wildman–Crippen MR) is 75.8 cm³/mol. The lowest BCUT2D eigenvalue weighted by atomic mass is 10.0. The summed E-state index contributed by atoms with van der Waals surface area (Å²) in [7, 11) is 0. The van der Waals surface area contributed by atoms with Gasteiger partial charge in [0.25, 0.3) is 0 Å². The molecule has 1 N–H and O–H groups in total. The van der Waals surface area contributed by atoms with Crippen LogP contribution in [0.4, 0.5) is 0 Å². The fourth-order valence-electron chi connectivity index (χ4n) is 2.40. The number of piperazine rings is 1. The van der Waals surface area contributed by atoms with E-state index in [0.717, 1.165) is 11.3 Å². The van der Waals surface area contributed by atoms with Crippen LogP contribution in [-0.2, 0) is 16.1 Å². The van der Waals surface area contributed by atoms with Crippen molar-refractivity contribution < 1.29 is 9.59 Å². The zero-order chi connectivity index (χ0) is 14.7. The Bertz CT molecular complexity index is 514. The van der Waals surface area contributed by atoms with Gasteiger partial charge in [-0.25, -0.2) is 0 Å². The quantitative estimate of drug-likeness (QED) is 0.900. The Morgan fingerprint density at radius 1 is 1.45 bits per heavy atom. The second-order valence-electron chi connectivity index (χ2n) is 5.71. The largest absolute Gasteiger partial charge is 0.343 e. The van der Waals surface area contributed by atoms with E-state index in [9.17, 15) is 9.59 Å². The minimum Gasteiger partial charge on any atom is -0.343 e. The van der Waals surface area contributed by atoms with Crippen LogP contribution in [0.3, 0.4) is 0 Å². The van der Waals surface area contributed by atoms with E-state index in [1.807, 2.05) is 32.9 Å². The van der Waals surface area contributed by atoms with E-state index in [1.54, 1.807) is 11.1 Å². The van der Waals surface area contributed by atoms with Crippen molar-refractivity contribution in [1.29, 1.82) is 0 Å². The Balaban J connectivity index is 2.12.